The number of aryl methyl sites for hydroxylation is 1. The number of thiazole rings is 1. The Balaban J connectivity index is 0.00000242. The second-order valence-electron chi connectivity index (χ2n) is 9.86. The summed E-state index contributed by atoms with van der Waals surface area (Å²) < 4.78 is 7.45. The third-order valence-electron chi connectivity index (χ3n) is 7.23. The first-order valence-electron chi connectivity index (χ1n) is 12.1. The number of nitrogens with zero attached hydrogens (tertiary/aromatic N) is 6. The Morgan fingerprint density at radius 3 is 2.24 bits per heavy atom. The molecular weight excluding hydrogens is 689 g/mol. The maximum Gasteiger partial charge on any atom is 0.118 e. The van der Waals surface area contributed by atoms with Crippen molar-refractivity contribution in [2.45, 2.75) is 26.3 Å². The van der Waals surface area contributed by atoms with Gasteiger partial charge in [-0.05, 0) is 56.6 Å². The zero-order valence-electron chi connectivity index (χ0n) is 20.8. The first-order chi connectivity index (χ1) is 18.0. The van der Waals surface area contributed by atoms with Crippen LogP contribution >= 0.6 is 22.7 Å². The molecule has 189 valence electrons. The Morgan fingerprint density at radius 1 is 0.842 bits per heavy atom. The first kappa shape index (κ1) is 23.7. The molecule has 0 atom stereocenters. The molecule has 6 aromatic heterocycles. The second kappa shape index (κ2) is 8.32. The minimum Gasteiger partial charge on any atom is -0.328 e. The Bertz CT molecular complexity index is 2100. The van der Waals surface area contributed by atoms with Crippen molar-refractivity contribution in [1.82, 2.24) is 28.9 Å². The predicted molar refractivity (Wildman–Crippen MR) is 152 cm³/mol. The van der Waals surface area contributed by atoms with Crippen molar-refractivity contribution in [3.05, 3.63) is 89.0 Å². The Hall–Kier alpha value is -3.36. The molecule has 2 aromatic carbocycles. The van der Waals surface area contributed by atoms with Gasteiger partial charge in [0, 0.05) is 58.5 Å². The fourth-order valence-electron chi connectivity index (χ4n) is 5.55. The SMILES string of the molecule is Cc1ccc(-n2n[c-]c3c2c2nc(C(C)(C)n4c5ccccc5c5ccccc54)sc2c2ccnn32)s1.[Ir]. The van der Waals surface area contributed by atoms with E-state index >= 15 is 0 Å². The number of fused-ring (bicyclic) bond motifs is 9. The minimum absolute atomic E-state index is 0. The standard InChI is InChI=1S/C29H21N6S2.Ir/c1-17-12-13-24(36-17)35-26-23(16-31-35)34-22(14-15-30-34)27-25(26)32-28(37-27)29(2,3)33-20-10-6-4-8-18(20)19-9-5-7-11-21(19)33;/h4-15H,1-3H3;/q-1;. The van der Waals surface area contributed by atoms with Crippen LogP contribution in [0.15, 0.2) is 72.9 Å². The largest absolute Gasteiger partial charge is 0.328 e. The molecule has 0 aliphatic carbocycles. The summed E-state index contributed by atoms with van der Waals surface area (Å²) >= 11 is 3.45. The number of hydrogen-bond acceptors (Lipinski definition) is 5. The van der Waals surface area contributed by atoms with Gasteiger partial charge in [-0.25, -0.2) is 0 Å². The molecule has 0 unspecified atom stereocenters. The van der Waals surface area contributed by atoms with Gasteiger partial charge in [-0.15, -0.1) is 22.7 Å². The third kappa shape index (κ3) is 3.10. The van der Waals surface area contributed by atoms with Crippen molar-refractivity contribution in [3.63, 3.8) is 0 Å². The average Bonchev–Trinajstić information content (AvgIpc) is 3.71. The zero-order valence-corrected chi connectivity index (χ0v) is 24.8. The number of benzene rings is 2. The molecule has 0 spiro atoms. The summed E-state index contributed by atoms with van der Waals surface area (Å²) in [6.07, 6.45) is 5.06. The van der Waals surface area contributed by atoms with Gasteiger partial charge in [-0.3, -0.25) is 14.6 Å². The maximum absolute atomic E-state index is 5.36. The smallest absolute Gasteiger partial charge is 0.118 e. The number of pyridine rings is 1. The van der Waals surface area contributed by atoms with E-state index in [-0.39, 0.29) is 20.1 Å². The molecule has 0 aliphatic rings. The number of aromatic nitrogens is 6. The van der Waals surface area contributed by atoms with E-state index in [1.165, 1.54) is 26.7 Å². The van der Waals surface area contributed by atoms with Crippen LogP contribution in [0.3, 0.4) is 0 Å². The minimum atomic E-state index is -0.399. The third-order valence-corrected chi connectivity index (χ3v) is 9.60. The van der Waals surface area contributed by atoms with E-state index in [9.17, 15) is 0 Å². The van der Waals surface area contributed by atoms with Crippen molar-refractivity contribution in [2.24, 2.45) is 0 Å². The molecule has 1 radical (unpaired) electrons. The summed E-state index contributed by atoms with van der Waals surface area (Å²) in [4.78, 5) is 6.59. The van der Waals surface area contributed by atoms with Crippen LogP contribution in [-0.2, 0) is 25.6 Å². The van der Waals surface area contributed by atoms with Crippen molar-refractivity contribution < 1.29 is 20.1 Å². The van der Waals surface area contributed by atoms with Crippen LogP contribution in [0, 0.1) is 13.1 Å². The van der Waals surface area contributed by atoms with Crippen LogP contribution in [0.1, 0.15) is 23.7 Å². The Labute approximate surface area is 239 Å². The molecule has 8 rings (SSSR count). The fourth-order valence-corrected chi connectivity index (χ4v) is 7.54. The Kier molecular flexibility index (Phi) is 5.20. The molecule has 8 aromatic rings. The van der Waals surface area contributed by atoms with Gasteiger partial charge < -0.3 is 9.25 Å². The summed E-state index contributed by atoms with van der Waals surface area (Å²) in [6.45, 7) is 6.64. The topological polar surface area (TPSA) is 52.9 Å². The van der Waals surface area contributed by atoms with Gasteiger partial charge in [0.05, 0.1) is 20.8 Å². The van der Waals surface area contributed by atoms with Gasteiger partial charge in [0.25, 0.3) is 0 Å². The molecule has 6 heterocycles. The van der Waals surface area contributed by atoms with Crippen LogP contribution in [0.4, 0.5) is 0 Å². The maximum atomic E-state index is 5.36. The van der Waals surface area contributed by atoms with Gasteiger partial charge in [-0.1, -0.05) is 48.1 Å². The molecule has 0 aliphatic heterocycles. The monoisotopic (exact) mass is 710 g/mol. The van der Waals surface area contributed by atoms with Crippen molar-refractivity contribution >= 4 is 71.2 Å². The molecule has 0 fully saturated rings. The van der Waals surface area contributed by atoms with Crippen LogP contribution in [0.25, 0.3) is 53.6 Å². The van der Waals surface area contributed by atoms with Crippen molar-refractivity contribution in [3.8, 4) is 5.00 Å². The summed E-state index contributed by atoms with van der Waals surface area (Å²) in [5.74, 6) is 0. The summed E-state index contributed by atoms with van der Waals surface area (Å²) in [7, 11) is 0. The normalized spacial score (nSPS) is 12.4. The number of para-hydroxylation sites is 2. The average molecular weight is 710 g/mol. The van der Waals surface area contributed by atoms with Crippen molar-refractivity contribution in [2.75, 3.05) is 0 Å². The number of thiophene rings is 1. The zero-order chi connectivity index (χ0) is 24.9. The van der Waals surface area contributed by atoms with E-state index in [1.54, 1.807) is 22.7 Å². The summed E-state index contributed by atoms with van der Waals surface area (Å²) in [5.41, 5.74) is 5.77. The van der Waals surface area contributed by atoms with Crippen LogP contribution in [0.5, 0.6) is 0 Å². The van der Waals surface area contributed by atoms with E-state index in [0.29, 0.717) is 0 Å². The summed E-state index contributed by atoms with van der Waals surface area (Å²) in [6, 6.07) is 23.6. The quantitative estimate of drug-likeness (QED) is 0.181. The van der Waals surface area contributed by atoms with Gasteiger partial charge in [0.15, 0.2) is 0 Å². The first-order valence-corrected chi connectivity index (χ1v) is 13.8. The molecule has 6 nitrogen and oxygen atoms in total. The van der Waals surface area contributed by atoms with Crippen LogP contribution < -0.4 is 0 Å². The van der Waals surface area contributed by atoms with E-state index in [2.05, 4.69) is 108 Å². The second-order valence-corrected chi connectivity index (χ2v) is 12.1. The van der Waals surface area contributed by atoms with Crippen LogP contribution in [0.2, 0.25) is 0 Å². The van der Waals surface area contributed by atoms with E-state index in [1.807, 2.05) is 15.4 Å². The fraction of sp³-hybridized carbons (Fsp3) is 0.138. The van der Waals surface area contributed by atoms with E-state index in [4.69, 9.17) is 4.98 Å². The molecule has 0 saturated carbocycles. The molecule has 0 saturated heterocycles. The Morgan fingerprint density at radius 2 is 1.55 bits per heavy atom. The van der Waals surface area contributed by atoms with Gasteiger partial charge >= 0.3 is 0 Å². The number of rotatable bonds is 3. The van der Waals surface area contributed by atoms with Gasteiger partial charge in [0.2, 0.25) is 0 Å². The molecule has 38 heavy (non-hydrogen) atoms. The summed E-state index contributed by atoms with van der Waals surface area (Å²) in [5, 5.41) is 13.9. The molecule has 0 N–H and O–H groups in total. The van der Waals surface area contributed by atoms with E-state index < -0.39 is 5.54 Å². The van der Waals surface area contributed by atoms with Gasteiger partial charge in [0.1, 0.15) is 5.01 Å². The van der Waals surface area contributed by atoms with Gasteiger partial charge in [-0.2, -0.15) is 5.10 Å². The molecule has 0 amide bonds. The van der Waals surface area contributed by atoms with Crippen LogP contribution in [-0.4, -0.2) is 28.9 Å². The predicted octanol–water partition coefficient (Wildman–Crippen LogP) is 7.34. The molecule has 9 heteroatoms. The molecule has 0 bridgehead atoms. The molecular formula is C29H21IrN6S2-. The van der Waals surface area contributed by atoms with Crippen molar-refractivity contribution in [1.29, 1.82) is 0 Å². The van der Waals surface area contributed by atoms with E-state index in [0.717, 1.165) is 36.8 Å². The number of hydrogen-bond donors (Lipinski definition) is 0.